The molecule has 5 rings (SSSR count). The fourth-order valence-corrected chi connectivity index (χ4v) is 6.77. The van der Waals surface area contributed by atoms with Gasteiger partial charge in [0.05, 0.1) is 0 Å². The van der Waals surface area contributed by atoms with E-state index in [4.69, 9.17) is 0 Å². The number of thiophene rings is 1. The normalized spacial score (nSPS) is 21.3. The van der Waals surface area contributed by atoms with E-state index >= 15 is 0 Å². The van der Waals surface area contributed by atoms with Crippen LogP contribution in [0.1, 0.15) is 18.9 Å². The minimum atomic E-state index is -3.60. The predicted molar refractivity (Wildman–Crippen MR) is 120 cm³/mol. The molecule has 5 heteroatoms. The average Bonchev–Trinajstić information content (AvgIpc) is 3.19. The lowest BCUT2D eigenvalue weighted by Crippen LogP contribution is -2.30. The molecule has 0 saturated heterocycles. The number of rotatable bonds is 5. The van der Waals surface area contributed by atoms with Gasteiger partial charge in [-0.05, 0) is 35.2 Å². The second-order valence-electron chi connectivity index (χ2n) is 7.84. The van der Waals surface area contributed by atoms with Gasteiger partial charge >= 0.3 is 0 Å². The van der Waals surface area contributed by atoms with Crippen LogP contribution in [-0.4, -0.2) is 14.5 Å². The predicted octanol–water partition coefficient (Wildman–Crippen LogP) is 5.58. The summed E-state index contributed by atoms with van der Waals surface area (Å²) in [5.74, 6) is 0. The topological polar surface area (TPSA) is 46.2 Å². The number of hydrogen-bond acceptors (Lipinski definition) is 3. The summed E-state index contributed by atoms with van der Waals surface area (Å²) < 4.78 is 30.4. The Labute approximate surface area is 175 Å². The van der Waals surface area contributed by atoms with Gasteiger partial charge in [-0.3, -0.25) is 0 Å². The van der Waals surface area contributed by atoms with Crippen LogP contribution < -0.4 is 4.72 Å². The molecule has 1 fully saturated rings. The van der Waals surface area contributed by atoms with Gasteiger partial charge in [-0.1, -0.05) is 73.7 Å². The molecule has 0 aliphatic heterocycles. The number of hydrogen-bond donors (Lipinski definition) is 1. The highest BCUT2D eigenvalue weighted by Gasteiger charge is 2.53. The minimum absolute atomic E-state index is 0.0813. The van der Waals surface area contributed by atoms with Crippen molar-refractivity contribution < 1.29 is 8.42 Å². The first-order chi connectivity index (χ1) is 14.0. The van der Waals surface area contributed by atoms with E-state index in [2.05, 4.69) is 23.8 Å². The number of benzene rings is 3. The van der Waals surface area contributed by atoms with E-state index < -0.39 is 10.0 Å². The summed E-state index contributed by atoms with van der Waals surface area (Å²) in [6, 6.07) is 26.1. The zero-order chi connectivity index (χ0) is 20.1. The lowest BCUT2D eigenvalue weighted by molar-refractivity contribution is 0.575. The summed E-state index contributed by atoms with van der Waals surface area (Å²) in [6.45, 7) is 2.12. The van der Waals surface area contributed by atoms with Crippen LogP contribution >= 0.6 is 11.3 Å². The van der Waals surface area contributed by atoms with E-state index in [0.717, 1.165) is 27.6 Å². The molecule has 0 amide bonds. The monoisotopic (exact) mass is 419 g/mol. The Morgan fingerprint density at radius 2 is 1.62 bits per heavy atom. The third kappa shape index (κ3) is 3.29. The Bertz CT molecular complexity index is 1280. The van der Waals surface area contributed by atoms with Crippen LogP contribution in [0.15, 0.2) is 89.1 Å². The van der Waals surface area contributed by atoms with Crippen LogP contribution in [0.4, 0.5) is 0 Å². The van der Waals surface area contributed by atoms with Gasteiger partial charge in [-0.2, -0.15) is 0 Å². The molecule has 1 N–H and O–H groups in total. The molecule has 0 radical (unpaired) electrons. The van der Waals surface area contributed by atoms with Gasteiger partial charge in [0.15, 0.2) is 0 Å². The first kappa shape index (κ1) is 18.6. The number of nitrogens with one attached hydrogen (secondary N) is 1. The molecule has 1 aromatic heterocycles. The van der Waals surface area contributed by atoms with E-state index in [1.54, 1.807) is 5.38 Å². The van der Waals surface area contributed by atoms with Crippen LogP contribution in [0.25, 0.3) is 21.2 Å². The second kappa shape index (κ2) is 6.80. The Hall–Kier alpha value is -2.47. The summed E-state index contributed by atoms with van der Waals surface area (Å²) in [7, 11) is -3.60. The molecule has 0 spiro atoms. The molecule has 0 unspecified atom stereocenters. The summed E-state index contributed by atoms with van der Waals surface area (Å²) >= 11 is 1.47. The number of sulfonamides is 1. The molecule has 1 saturated carbocycles. The highest BCUT2D eigenvalue weighted by molar-refractivity contribution is 7.90. The zero-order valence-corrected chi connectivity index (χ0v) is 17.6. The molecule has 4 aromatic rings. The van der Waals surface area contributed by atoms with E-state index in [9.17, 15) is 8.42 Å². The Morgan fingerprint density at radius 3 is 2.34 bits per heavy atom. The second-order valence-corrected chi connectivity index (χ2v) is 10.4. The maximum atomic E-state index is 13.2. The van der Waals surface area contributed by atoms with Crippen LogP contribution in [0.3, 0.4) is 0 Å². The zero-order valence-electron chi connectivity index (χ0n) is 16.0. The fourth-order valence-electron chi connectivity index (χ4n) is 3.95. The molecule has 29 heavy (non-hydrogen) atoms. The van der Waals surface area contributed by atoms with Crippen molar-refractivity contribution in [1.82, 2.24) is 4.72 Å². The third-order valence-corrected chi connectivity index (χ3v) is 8.53. The third-order valence-electron chi connectivity index (χ3n) is 5.90. The maximum absolute atomic E-state index is 13.2. The van der Waals surface area contributed by atoms with Crippen LogP contribution in [0.5, 0.6) is 0 Å². The fraction of sp³-hybridized carbons (Fsp3) is 0.167. The molecular formula is C24H21NO2S2. The summed E-state index contributed by atoms with van der Waals surface area (Å²) in [5, 5.41) is 2.54. The van der Waals surface area contributed by atoms with Crippen molar-refractivity contribution >= 4 is 31.4 Å². The summed E-state index contributed by atoms with van der Waals surface area (Å²) in [4.78, 5) is 0.373. The minimum Gasteiger partial charge on any atom is -0.207 e. The van der Waals surface area contributed by atoms with Crippen molar-refractivity contribution in [2.75, 3.05) is 0 Å². The Kier molecular flexibility index (Phi) is 4.35. The number of fused-ring (bicyclic) bond motifs is 1. The van der Waals surface area contributed by atoms with E-state index in [-0.39, 0.29) is 11.5 Å². The van der Waals surface area contributed by atoms with E-state index in [1.807, 2.05) is 66.7 Å². The van der Waals surface area contributed by atoms with Crippen LogP contribution in [0.2, 0.25) is 0 Å². The summed E-state index contributed by atoms with van der Waals surface area (Å²) in [5.41, 5.74) is 3.13. The lowest BCUT2D eigenvalue weighted by atomic mass is 9.98. The van der Waals surface area contributed by atoms with Crippen molar-refractivity contribution in [3.8, 4) is 11.1 Å². The van der Waals surface area contributed by atoms with Gasteiger partial charge in [-0.15, -0.1) is 11.3 Å². The van der Waals surface area contributed by atoms with E-state index in [1.165, 1.54) is 16.9 Å². The molecule has 1 heterocycles. The smallest absolute Gasteiger partial charge is 0.207 e. The first-order valence-electron chi connectivity index (χ1n) is 9.62. The van der Waals surface area contributed by atoms with Crippen molar-refractivity contribution in [3.05, 3.63) is 89.8 Å². The van der Waals surface area contributed by atoms with Gasteiger partial charge in [0.2, 0.25) is 10.0 Å². The lowest BCUT2D eigenvalue weighted by Gasteiger charge is -2.13. The SMILES string of the molecule is C[C@]1(c2ccccc2)C[C@@H]1NS(=O)(=O)c1csc2ccc(-c3ccccc3)cc12. The molecule has 146 valence electrons. The Balaban J connectivity index is 1.47. The van der Waals surface area contributed by atoms with Gasteiger partial charge < -0.3 is 0 Å². The van der Waals surface area contributed by atoms with Gasteiger partial charge in [-0.25, -0.2) is 13.1 Å². The van der Waals surface area contributed by atoms with E-state index in [0.29, 0.717) is 4.90 Å². The molecule has 1 aliphatic carbocycles. The van der Waals surface area contributed by atoms with Gasteiger partial charge in [0.1, 0.15) is 4.90 Å². The first-order valence-corrected chi connectivity index (χ1v) is 12.0. The van der Waals surface area contributed by atoms with Crippen molar-refractivity contribution in [2.45, 2.75) is 29.7 Å². The molecular weight excluding hydrogens is 398 g/mol. The molecule has 2 atom stereocenters. The van der Waals surface area contributed by atoms with Gasteiger partial charge in [0, 0.05) is 26.9 Å². The van der Waals surface area contributed by atoms with Crippen molar-refractivity contribution in [3.63, 3.8) is 0 Å². The highest BCUT2D eigenvalue weighted by atomic mass is 32.2. The molecule has 3 aromatic carbocycles. The summed E-state index contributed by atoms with van der Waals surface area (Å²) in [6.07, 6.45) is 0.813. The largest absolute Gasteiger partial charge is 0.242 e. The van der Waals surface area contributed by atoms with Gasteiger partial charge in [0.25, 0.3) is 0 Å². The molecule has 1 aliphatic rings. The Morgan fingerprint density at radius 1 is 0.931 bits per heavy atom. The van der Waals surface area contributed by atoms with Crippen molar-refractivity contribution in [1.29, 1.82) is 0 Å². The van der Waals surface area contributed by atoms with Crippen molar-refractivity contribution in [2.24, 2.45) is 0 Å². The quantitative estimate of drug-likeness (QED) is 0.459. The average molecular weight is 420 g/mol. The van der Waals surface area contributed by atoms with Crippen LogP contribution in [0, 0.1) is 0 Å². The molecule has 0 bridgehead atoms. The highest BCUT2D eigenvalue weighted by Crippen LogP contribution is 2.48. The maximum Gasteiger partial charge on any atom is 0.242 e. The van der Waals surface area contributed by atoms with Crippen LogP contribution in [-0.2, 0) is 15.4 Å². The molecule has 3 nitrogen and oxygen atoms in total. The standard InChI is InChI=1S/C24H21NO2S2/c1-24(19-10-6-3-7-11-19)15-23(24)25-29(26,27)22-16-28-21-13-12-18(14-20(21)22)17-8-4-2-5-9-17/h2-14,16,23,25H,15H2,1H3/t23-,24+/m0/s1.